The maximum atomic E-state index is 7.63. The summed E-state index contributed by atoms with van der Waals surface area (Å²) < 4.78 is 7.63. The first kappa shape index (κ1) is 33.0. The summed E-state index contributed by atoms with van der Waals surface area (Å²) in [6, 6.07) is 42.4. The van der Waals surface area contributed by atoms with Crippen LogP contribution in [0.4, 0.5) is 5.69 Å². The molecule has 0 radical (unpaired) electrons. The highest BCUT2D eigenvalue weighted by molar-refractivity contribution is 5.62. The van der Waals surface area contributed by atoms with Crippen molar-refractivity contribution in [2.24, 2.45) is 23.7 Å². The van der Waals surface area contributed by atoms with Gasteiger partial charge in [-0.2, -0.15) is 0 Å². The molecule has 2 fully saturated rings. The SMILES string of the molecule is CC1(C)c2ccccc2C2C(N(c3ccccc3)C3CCC4C(C3)OC3C(C5(c6ccccc6)c6ccccc6C6CCC=CC65)=CC=CC34)C=CCC21. The topological polar surface area (TPSA) is 12.5 Å². The first-order chi connectivity index (χ1) is 26.6. The Kier molecular flexibility index (Phi) is 7.68. The van der Waals surface area contributed by atoms with E-state index in [4.69, 9.17) is 4.74 Å². The van der Waals surface area contributed by atoms with Crippen molar-refractivity contribution in [3.8, 4) is 0 Å². The van der Waals surface area contributed by atoms with Crippen LogP contribution in [0.5, 0.6) is 0 Å². The van der Waals surface area contributed by atoms with Crippen molar-refractivity contribution < 1.29 is 4.74 Å². The van der Waals surface area contributed by atoms with Crippen LogP contribution in [0.15, 0.2) is 157 Å². The fraction of sp³-hybridized carbons (Fsp3) is 0.385. The van der Waals surface area contributed by atoms with Crippen LogP contribution in [0.3, 0.4) is 0 Å². The Morgan fingerprint density at radius 2 is 1.44 bits per heavy atom. The monoisotopic (exact) mass is 707 g/mol. The lowest BCUT2D eigenvalue weighted by Crippen LogP contribution is -2.51. The number of allylic oxidation sites excluding steroid dienone is 5. The molecule has 1 heterocycles. The van der Waals surface area contributed by atoms with Gasteiger partial charge in [-0.25, -0.2) is 0 Å². The Morgan fingerprint density at radius 3 is 2.28 bits per heavy atom. The van der Waals surface area contributed by atoms with Gasteiger partial charge in [-0.1, -0.05) is 153 Å². The van der Waals surface area contributed by atoms with E-state index in [0.717, 1.165) is 19.3 Å². The van der Waals surface area contributed by atoms with Gasteiger partial charge in [-0.3, -0.25) is 0 Å². The molecule has 0 spiro atoms. The van der Waals surface area contributed by atoms with Gasteiger partial charge >= 0.3 is 0 Å². The molecule has 6 aliphatic carbocycles. The van der Waals surface area contributed by atoms with Crippen molar-refractivity contribution in [3.05, 3.63) is 185 Å². The predicted molar refractivity (Wildman–Crippen MR) is 221 cm³/mol. The molecular formula is C52H53NO. The summed E-state index contributed by atoms with van der Waals surface area (Å²) in [5.41, 5.74) is 10.4. The van der Waals surface area contributed by atoms with Crippen LogP contribution >= 0.6 is 0 Å². The molecule has 1 aliphatic heterocycles. The van der Waals surface area contributed by atoms with Crippen molar-refractivity contribution in [2.45, 2.75) is 99.3 Å². The van der Waals surface area contributed by atoms with Crippen LogP contribution in [-0.4, -0.2) is 24.3 Å². The molecule has 1 saturated heterocycles. The number of ether oxygens (including phenoxy) is 1. The molecule has 272 valence electrons. The Labute approximate surface area is 322 Å². The summed E-state index contributed by atoms with van der Waals surface area (Å²) in [7, 11) is 0. The normalized spacial score (nSPS) is 36.3. The number of anilines is 1. The second kappa shape index (κ2) is 12.6. The van der Waals surface area contributed by atoms with Gasteiger partial charge in [0.25, 0.3) is 0 Å². The Bertz CT molecular complexity index is 2180. The molecule has 0 bridgehead atoms. The van der Waals surface area contributed by atoms with E-state index in [2.05, 4.69) is 170 Å². The molecule has 11 rings (SSSR count). The zero-order valence-electron chi connectivity index (χ0n) is 31.8. The van der Waals surface area contributed by atoms with Gasteiger partial charge in [0.1, 0.15) is 0 Å². The van der Waals surface area contributed by atoms with E-state index < -0.39 is 0 Å². The third kappa shape index (κ3) is 4.62. The van der Waals surface area contributed by atoms with Crippen LogP contribution in [-0.2, 0) is 15.6 Å². The lowest BCUT2D eigenvalue weighted by Gasteiger charge is -2.48. The van der Waals surface area contributed by atoms with Gasteiger partial charge in [-0.15, -0.1) is 0 Å². The maximum Gasteiger partial charge on any atom is 0.0870 e. The largest absolute Gasteiger partial charge is 0.370 e. The minimum absolute atomic E-state index is 0.0812. The molecule has 0 N–H and O–H groups in total. The second-order valence-corrected chi connectivity index (χ2v) is 18.0. The molecule has 0 amide bonds. The van der Waals surface area contributed by atoms with Crippen molar-refractivity contribution in [1.29, 1.82) is 0 Å². The number of hydrogen-bond acceptors (Lipinski definition) is 2. The highest BCUT2D eigenvalue weighted by Crippen LogP contribution is 2.64. The van der Waals surface area contributed by atoms with E-state index in [9.17, 15) is 0 Å². The van der Waals surface area contributed by atoms with Crippen LogP contribution in [0.25, 0.3) is 0 Å². The minimum Gasteiger partial charge on any atom is -0.370 e. The van der Waals surface area contributed by atoms with Crippen molar-refractivity contribution in [3.63, 3.8) is 0 Å². The van der Waals surface area contributed by atoms with Crippen molar-refractivity contribution >= 4 is 5.69 Å². The van der Waals surface area contributed by atoms with Crippen LogP contribution in [0.2, 0.25) is 0 Å². The zero-order valence-corrected chi connectivity index (χ0v) is 31.8. The molecule has 4 aromatic carbocycles. The summed E-state index contributed by atoms with van der Waals surface area (Å²) in [5, 5.41) is 0. The van der Waals surface area contributed by atoms with E-state index in [1.165, 1.54) is 41.6 Å². The van der Waals surface area contributed by atoms with Crippen molar-refractivity contribution in [1.82, 2.24) is 0 Å². The quantitative estimate of drug-likeness (QED) is 0.192. The van der Waals surface area contributed by atoms with E-state index in [1.807, 2.05) is 0 Å². The predicted octanol–water partition coefficient (Wildman–Crippen LogP) is 11.6. The summed E-state index contributed by atoms with van der Waals surface area (Å²) in [6.45, 7) is 4.99. The molecule has 7 aliphatic rings. The Balaban J connectivity index is 0.970. The highest BCUT2D eigenvalue weighted by atomic mass is 16.5. The van der Waals surface area contributed by atoms with E-state index in [1.54, 1.807) is 16.7 Å². The van der Waals surface area contributed by atoms with E-state index in [0.29, 0.717) is 47.6 Å². The number of benzene rings is 4. The van der Waals surface area contributed by atoms with Gasteiger partial charge in [0.05, 0.1) is 23.7 Å². The number of fused-ring (bicyclic) bond motifs is 9. The summed E-state index contributed by atoms with van der Waals surface area (Å²) >= 11 is 0. The second-order valence-electron chi connectivity index (χ2n) is 18.0. The van der Waals surface area contributed by atoms with E-state index >= 15 is 0 Å². The number of para-hydroxylation sites is 1. The van der Waals surface area contributed by atoms with Gasteiger partial charge in [0.2, 0.25) is 0 Å². The first-order valence-electron chi connectivity index (χ1n) is 21.0. The van der Waals surface area contributed by atoms with Crippen molar-refractivity contribution in [2.75, 3.05) is 4.90 Å². The average Bonchev–Trinajstić information content (AvgIpc) is 3.83. The molecule has 11 atom stereocenters. The third-order valence-electron chi connectivity index (χ3n) is 15.5. The molecule has 2 nitrogen and oxygen atoms in total. The Hall–Kier alpha value is -4.40. The van der Waals surface area contributed by atoms with Gasteiger partial charge < -0.3 is 9.64 Å². The van der Waals surface area contributed by atoms with Gasteiger partial charge in [-0.05, 0) is 107 Å². The summed E-state index contributed by atoms with van der Waals surface area (Å²) in [4.78, 5) is 2.86. The number of nitrogens with zero attached hydrogens (tertiary/aromatic N) is 1. The molecule has 4 aromatic rings. The minimum atomic E-state index is -0.235. The molecule has 0 aromatic heterocycles. The average molecular weight is 708 g/mol. The number of rotatable bonds is 5. The molecule has 54 heavy (non-hydrogen) atoms. The van der Waals surface area contributed by atoms with Crippen LogP contribution in [0, 0.1) is 23.7 Å². The molecule has 1 saturated carbocycles. The van der Waals surface area contributed by atoms with Gasteiger partial charge in [0.15, 0.2) is 0 Å². The first-order valence-corrected chi connectivity index (χ1v) is 21.0. The van der Waals surface area contributed by atoms with Crippen LogP contribution < -0.4 is 4.90 Å². The third-order valence-corrected chi connectivity index (χ3v) is 15.5. The summed E-state index contributed by atoms with van der Waals surface area (Å²) in [5.74, 6) is 2.93. The zero-order chi connectivity index (χ0) is 36.0. The molecule has 2 heteroatoms. The molecular weight excluding hydrogens is 655 g/mol. The molecule has 11 unspecified atom stereocenters. The summed E-state index contributed by atoms with van der Waals surface area (Å²) in [6.07, 6.45) is 24.8. The fourth-order valence-corrected chi connectivity index (χ4v) is 13.4. The lowest BCUT2D eigenvalue weighted by atomic mass is 9.58. The van der Waals surface area contributed by atoms with Crippen LogP contribution in [0.1, 0.15) is 92.0 Å². The number of hydrogen-bond donors (Lipinski definition) is 0. The van der Waals surface area contributed by atoms with Gasteiger partial charge in [0, 0.05) is 29.5 Å². The Morgan fingerprint density at radius 1 is 0.704 bits per heavy atom. The lowest BCUT2D eigenvalue weighted by molar-refractivity contribution is 0.0210. The smallest absolute Gasteiger partial charge is 0.0870 e. The van der Waals surface area contributed by atoms with E-state index in [-0.39, 0.29) is 23.0 Å². The maximum absolute atomic E-state index is 7.63. The standard InChI is InChI=1S/C52H53NO/c1-51(2)42-25-12-11-23-41(42)49-45(51)28-16-30-47(49)53(35-19-7-4-8-20-35)36-31-32-39-40-24-15-29-46(50(40)54-48(39)33-36)52(34-17-5-3-6-18-34)43-26-13-9-21-37(43)38-22-10-14-27-44(38)52/h3-9,11-21,23-27,29-30,36,38-40,44-45,47-50H,10,22,28,31-33H2,1-2H3. The highest BCUT2D eigenvalue weighted by Gasteiger charge is 2.60. The fourth-order valence-electron chi connectivity index (χ4n) is 13.4.